The fourth-order valence-corrected chi connectivity index (χ4v) is 2.83. The van der Waals surface area contributed by atoms with Gasteiger partial charge >= 0.3 is 6.03 Å². The first-order chi connectivity index (χ1) is 12.3. The molecule has 0 spiro atoms. The Hall–Kier alpha value is -2.64. The molecule has 0 aliphatic carbocycles. The minimum absolute atomic E-state index is 0.270. The lowest BCUT2D eigenvalue weighted by Gasteiger charge is -2.22. The summed E-state index contributed by atoms with van der Waals surface area (Å²) in [6.45, 7) is 1.15. The first-order valence-corrected chi connectivity index (χ1v) is 8.37. The maximum atomic E-state index is 12.8. The van der Waals surface area contributed by atoms with E-state index in [-0.39, 0.29) is 5.82 Å². The number of hydrogen-bond acceptors (Lipinski definition) is 4. The summed E-state index contributed by atoms with van der Waals surface area (Å²) >= 11 is 11.6. The van der Waals surface area contributed by atoms with Crippen molar-refractivity contribution in [3.8, 4) is 0 Å². The summed E-state index contributed by atoms with van der Waals surface area (Å²) in [7, 11) is 0. The molecule has 1 fully saturated rings. The van der Waals surface area contributed by atoms with Gasteiger partial charge in [0.05, 0.1) is 5.02 Å². The lowest BCUT2D eigenvalue weighted by Crippen LogP contribution is -2.42. The number of halogens is 2. The second-order valence-electron chi connectivity index (χ2n) is 5.86. The van der Waals surface area contributed by atoms with Crippen molar-refractivity contribution in [1.82, 2.24) is 15.2 Å². The van der Waals surface area contributed by atoms with Crippen LogP contribution in [0.1, 0.15) is 12.5 Å². The van der Waals surface area contributed by atoms with E-state index in [1.54, 1.807) is 37.3 Å². The third-order valence-corrected chi connectivity index (χ3v) is 4.47. The van der Waals surface area contributed by atoms with Gasteiger partial charge in [-0.3, -0.25) is 14.5 Å². The summed E-state index contributed by atoms with van der Waals surface area (Å²) in [5.41, 5.74) is -0.692. The van der Waals surface area contributed by atoms with Gasteiger partial charge in [0.1, 0.15) is 17.9 Å². The van der Waals surface area contributed by atoms with Crippen LogP contribution in [-0.4, -0.2) is 34.3 Å². The molecular weight excluding hydrogens is 379 g/mol. The van der Waals surface area contributed by atoms with Crippen LogP contribution in [0.15, 0.2) is 42.6 Å². The zero-order chi connectivity index (χ0) is 18.9. The normalized spacial score (nSPS) is 19.4. The van der Waals surface area contributed by atoms with Crippen molar-refractivity contribution in [2.45, 2.75) is 12.5 Å². The van der Waals surface area contributed by atoms with E-state index in [0.29, 0.717) is 15.6 Å². The van der Waals surface area contributed by atoms with Crippen LogP contribution in [0.25, 0.3) is 0 Å². The molecule has 2 heterocycles. The van der Waals surface area contributed by atoms with E-state index in [0.717, 1.165) is 4.90 Å². The van der Waals surface area contributed by atoms with E-state index in [2.05, 4.69) is 15.6 Å². The minimum atomic E-state index is -1.26. The molecule has 26 heavy (non-hydrogen) atoms. The van der Waals surface area contributed by atoms with Crippen molar-refractivity contribution in [3.05, 3.63) is 58.2 Å². The van der Waals surface area contributed by atoms with Crippen LogP contribution in [0.5, 0.6) is 0 Å². The van der Waals surface area contributed by atoms with Gasteiger partial charge in [0.15, 0.2) is 0 Å². The third kappa shape index (κ3) is 3.49. The molecule has 9 heteroatoms. The van der Waals surface area contributed by atoms with Gasteiger partial charge in [-0.05, 0) is 36.8 Å². The smallest absolute Gasteiger partial charge is 0.319 e. The van der Waals surface area contributed by atoms with Gasteiger partial charge in [-0.15, -0.1) is 0 Å². The van der Waals surface area contributed by atoms with Crippen molar-refractivity contribution in [1.29, 1.82) is 0 Å². The highest BCUT2D eigenvalue weighted by atomic mass is 35.5. The Morgan fingerprint density at radius 1 is 1.15 bits per heavy atom. The predicted molar refractivity (Wildman–Crippen MR) is 96.9 cm³/mol. The van der Waals surface area contributed by atoms with E-state index in [4.69, 9.17) is 23.2 Å². The Morgan fingerprint density at radius 3 is 2.42 bits per heavy atom. The molecular formula is C17H14Cl2N4O3. The van der Waals surface area contributed by atoms with Gasteiger partial charge in [0.25, 0.3) is 5.91 Å². The highest BCUT2D eigenvalue weighted by molar-refractivity contribution is 6.30. The Bertz CT molecular complexity index is 871. The van der Waals surface area contributed by atoms with Gasteiger partial charge in [-0.1, -0.05) is 35.3 Å². The maximum absolute atomic E-state index is 12.8. The third-order valence-electron chi connectivity index (χ3n) is 3.99. The largest absolute Gasteiger partial charge is 0.325 e. The zero-order valence-corrected chi connectivity index (χ0v) is 15.1. The molecule has 2 aromatic rings. The second-order valence-corrected chi connectivity index (χ2v) is 6.74. The number of aromatic nitrogens is 1. The molecule has 1 atom stereocenters. The number of amides is 4. The second kappa shape index (κ2) is 6.93. The van der Waals surface area contributed by atoms with E-state index in [1.807, 2.05) is 0 Å². The number of nitrogens with one attached hydrogen (secondary N) is 2. The Balaban J connectivity index is 1.73. The zero-order valence-electron chi connectivity index (χ0n) is 13.6. The standard InChI is InChI=1S/C17H14Cl2N4O3/c1-17(10-2-4-11(18)5-3-10)15(25)23(16(26)22-17)9-14(24)21-13-7-6-12(19)8-20-13/h2-8H,9H2,1H3,(H,22,26)(H,20,21,24). The van der Waals surface area contributed by atoms with Gasteiger partial charge < -0.3 is 10.6 Å². The van der Waals surface area contributed by atoms with Crippen LogP contribution < -0.4 is 10.6 Å². The number of pyridine rings is 1. The molecule has 4 amide bonds. The van der Waals surface area contributed by atoms with E-state index >= 15 is 0 Å². The number of carbonyl (C=O) groups is 3. The summed E-state index contributed by atoms with van der Waals surface area (Å²) < 4.78 is 0. The molecule has 1 aromatic heterocycles. The van der Waals surface area contributed by atoms with Gasteiger partial charge in [-0.2, -0.15) is 0 Å². The molecule has 2 N–H and O–H groups in total. The van der Waals surface area contributed by atoms with E-state index in [9.17, 15) is 14.4 Å². The Labute approximate surface area is 159 Å². The Morgan fingerprint density at radius 2 is 1.81 bits per heavy atom. The van der Waals surface area contributed by atoms with Crippen molar-refractivity contribution in [2.24, 2.45) is 0 Å². The fraction of sp³-hybridized carbons (Fsp3) is 0.176. The first-order valence-electron chi connectivity index (χ1n) is 7.61. The highest BCUT2D eigenvalue weighted by Gasteiger charge is 2.49. The van der Waals surface area contributed by atoms with Crippen LogP contribution >= 0.6 is 23.2 Å². The van der Waals surface area contributed by atoms with Crippen molar-refractivity contribution in [2.75, 3.05) is 11.9 Å². The van der Waals surface area contributed by atoms with Gasteiger partial charge in [0, 0.05) is 11.2 Å². The lowest BCUT2D eigenvalue weighted by atomic mass is 9.92. The minimum Gasteiger partial charge on any atom is -0.319 e. The molecule has 1 aliphatic rings. The molecule has 1 aliphatic heterocycles. The molecule has 0 saturated carbocycles. The number of carbonyl (C=O) groups excluding carboxylic acids is 3. The highest BCUT2D eigenvalue weighted by Crippen LogP contribution is 2.29. The monoisotopic (exact) mass is 392 g/mol. The number of rotatable bonds is 4. The Kier molecular flexibility index (Phi) is 4.84. The number of benzene rings is 1. The quantitative estimate of drug-likeness (QED) is 0.782. The summed E-state index contributed by atoms with van der Waals surface area (Å²) in [5.74, 6) is -0.806. The fourth-order valence-electron chi connectivity index (χ4n) is 2.60. The van der Waals surface area contributed by atoms with E-state index in [1.165, 1.54) is 12.3 Å². The van der Waals surface area contributed by atoms with Crippen LogP contribution in [0, 0.1) is 0 Å². The van der Waals surface area contributed by atoms with Gasteiger partial charge in [0.2, 0.25) is 5.91 Å². The van der Waals surface area contributed by atoms with Crippen molar-refractivity contribution >= 4 is 46.9 Å². The summed E-state index contributed by atoms with van der Waals surface area (Å²) in [6.07, 6.45) is 1.38. The first kappa shape index (κ1) is 18.2. The molecule has 0 bridgehead atoms. The average Bonchev–Trinajstić information content (AvgIpc) is 2.82. The topological polar surface area (TPSA) is 91.4 Å². The maximum Gasteiger partial charge on any atom is 0.325 e. The predicted octanol–water partition coefficient (Wildman–Crippen LogP) is 2.79. The molecule has 1 aromatic carbocycles. The van der Waals surface area contributed by atoms with Crippen LogP contribution in [0.4, 0.5) is 10.6 Å². The summed E-state index contributed by atoms with van der Waals surface area (Å²) in [6, 6.07) is 9.00. The van der Waals surface area contributed by atoms with Crippen molar-refractivity contribution in [3.63, 3.8) is 0 Å². The van der Waals surface area contributed by atoms with Crippen LogP contribution in [0.3, 0.4) is 0 Å². The number of imide groups is 1. The van der Waals surface area contributed by atoms with Crippen molar-refractivity contribution < 1.29 is 14.4 Å². The molecule has 3 rings (SSSR count). The molecule has 134 valence electrons. The number of nitrogens with zero attached hydrogens (tertiary/aromatic N) is 2. The summed E-state index contributed by atoms with van der Waals surface area (Å²) in [4.78, 5) is 41.9. The number of urea groups is 1. The average molecular weight is 393 g/mol. The van der Waals surface area contributed by atoms with Crippen LogP contribution in [-0.2, 0) is 15.1 Å². The van der Waals surface area contributed by atoms with Crippen LogP contribution in [0.2, 0.25) is 10.0 Å². The number of anilines is 1. The SMILES string of the molecule is CC1(c2ccc(Cl)cc2)NC(=O)N(CC(=O)Nc2ccc(Cl)cn2)C1=O. The number of hydrogen-bond donors (Lipinski definition) is 2. The molecule has 0 radical (unpaired) electrons. The molecule has 1 saturated heterocycles. The van der Waals surface area contributed by atoms with E-state index < -0.39 is 29.9 Å². The molecule has 1 unspecified atom stereocenters. The molecule has 7 nitrogen and oxygen atoms in total. The lowest BCUT2D eigenvalue weighted by molar-refractivity contribution is -0.133. The van der Waals surface area contributed by atoms with Gasteiger partial charge in [-0.25, -0.2) is 9.78 Å². The summed E-state index contributed by atoms with van der Waals surface area (Å²) in [5, 5.41) is 6.08.